The molecule has 0 aliphatic rings. The molecule has 1 amide bonds. The molecule has 1 heterocycles. The van der Waals surface area contributed by atoms with Gasteiger partial charge in [-0.1, -0.05) is 5.16 Å². The van der Waals surface area contributed by atoms with Crippen LogP contribution in [0.4, 0.5) is 17.6 Å². The molecule has 0 radical (unpaired) electrons. The minimum atomic E-state index is -4.69. The summed E-state index contributed by atoms with van der Waals surface area (Å²) < 4.78 is 54.0. The third kappa shape index (κ3) is 2.95. The second-order valence-electron chi connectivity index (χ2n) is 3.51. The molecule has 1 aromatic heterocycles. The zero-order valence-electron chi connectivity index (χ0n) is 9.08. The summed E-state index contributed by atoms with van der Waals surface area (Å²) in [6.45, 7) is 1.25. The number of hydrogen-bond donors (Lipinski definition) is 0. The molecule has 8 heteroatoms. The first-order valence-electron chi connectivity index (χ1n) is 4.59. The Kier molecular flexibility index (Phi) is 3.74. The van der Waals surface area contributed by atoms with E-state index in [2.05, 4.69) is 9.68 Å². The number of nitrogens with zero attached hydrogens (tertiary/aromatic N) is 2. The monoisotopic (exact) mass is 254 g/mol. The van der Waals surface area contributed by atoms with Crippen molar-refractivity contribution in [1.29, 1.82) is 0 Å². The van der Waals surface area contributed by atoms with Crippen LogP contribution in [0.1, 0.15) is 11.5 Å². The Morgan fingerprint density at radius 2 is 2.18 bits per heavy atom. The van der Waals surface area contributed by atoms with Gasteiger partial charge in [-0.3, -0.25) is 4.79 Å². The van der Waals surface area contributed by atoms with E-state index in [-0.39, 0.29) is 12.2 Å². The number of amides is 1. The van der Waals surface area contributed by atoms with E-state index < -0.39 is 18.3 Å². The highest BCUT2D eigenvalue weighted by Gasteiger charge is 2.50. The summed E-state index contributed by atoms with van der Waals surface area (Å²) >= 11 is 0. The predicted octanol–water partition coefficient (Wildman–Crippen LogP) is 1.84. The zero-order valence-corrected chi connectivity index (χ0v) is 9.08. The van der Waals surface area contributed by atoms with Crippen LogP contribution in [0.3, 0.4) is 0 Å². The minimum absolute atomic E-state index is 0.211. The van der Waals surface area contributed by atoms with E-state index in [4.69, 9.17) is 0 Å². The quantitative estimate of drug-likeness (QED) is 0.770. The predicted molar refractivity (Wildman–Crippen MR) is 48.7 cm³/mol. The lowest BCUT2D eigenvalue weighted by Gasteiger charge is -2.21. The van der Waals surface area contributed by atoms with Gasteiger partial charge in [-0.15, -0.1) is 0 Å². The Morgan fingerprint density at radius 3 is 2.59 bits per heavy atom. The molecule has 0 spiro atoms. The van der Waals surface area contributed by atoms with E-state index in [0.29, 0.717) is 10.7 Å². The Balaban J connectivity index is 2.71. The van der Waals surface area contributed by atoms with Crippen molar-refractivity contribution in [1.82, 2.24) is 10.1 Å². The fourth-order valence-corrected chi connectivity index (χ4v) is 1.16. The number of hydrogen-bond acceptors (Lipinski definition) is 3. The van der Waals surface area contributed by atoms with Crippen LogP contribution in [0.2, 0.25) is 0 Å². The fourth-order valence-electron chi connectivity index (χ4n) is 1.16. The van der Waals surface area contributed by atoms with Crippen molar-refractivity contribution < 1.29 is 26.9 Å². The first-order chi connectivity index (χ1) is 7.75. The highest BCUT2D eigenvalue weighted by Crippen LogP contribution is 2.25. The third-order valence-corrected chi connectivity index (χ3v) is 1.98. The van der Waals surface area contributed by atoms with Crippen molar-refractivity contribution in [3.63, 3.8) is 0 Å². The van der Waals surface area contributed by atoms with E-state index in [1.807, 2.05) is 0 Å². The van der Waals surface area contributed by atoms with E-state index in [9.17, 15) is 22.4 Å². The second kappa shape index (κ2) is 4.72. The summed E-state index contributed by atoms with van der Waals surface area (Å²) in [6, 6.07) is 1.42. The van der Waals surface area contributed by atoms with Crippen molar-refractivity contribution >= 4 is 5.91 Å². The van der Waals surface area contributed by atoms with Crippen LogP contribution < -0.4 is 0 Å². The molecule has 0 saturated heterocycles. The fraction of sp³-hybridized carbons (Fsp3) is 0.556. The number of aromatic nitrogens is 1. The van der Waals surface area contributed by atoms with Crippen molar-refractivity contribution in [2.45, 2.75) is 25.8 Å². The summed E-state index contributed by atoms with van der Waals surface area (Å²) in [7, 11) is 0.989. The molecule has 96 valence electrons. The van der Waals surface area contributed by atoms with E-state index in [1.54, 1.807) is 6.92 Å². The molecule has 1 rings (SSSR count). The molecule has 17 heavy (non-hydrogen) atoms. The second-order valence-corrected chi connectivity index (χ2v) is 3.51. The van der Waals surface area contributed by atoms with Gasteiger partial charge in [0.1, 0.15) is 11.5 Å². The van der Waals surface area contributed by atoms with Crippen LogP contribution in [0, 0.1) is 6.92 Å². The largest absolute Gasteiger partial charge is 0.383 e. The highest BCUT2D eigenvalue weighted by molar-refractivity contribution is 5.83. The van der Waals surface area contributed by atoms with Crippen LogP contribution in [-0.4, -0.2) is 35.4 Å². The van der Waals surface area contributed by atoms with Gasteiger partial charge < -0.3 is 9.42 Å². The lowest BCUT2D eigenvalue weighted by molar-refractivity contribution is -0.179. The molecule has 0 fully saturated rings. The SMILES string of the molecule is Cc1cc(CN(C)C(=O)C(F)(F)C(F)F)no1. The maximum atomic E-state index is 12.7. The molecule has 0 saturated carbocycles. The molecular weight excluding hydrogens is 244 g/mol. The van der Waals surface area contributed by atoms with Crippen LogP contribution in [0.25, 0.3) is 0 Å². The van der Waals surface area contributed by atoms with Gasteiger partial charge in [0, 0.05) is 13.1 Å². The Hall–Kier alpha value is -1.60. The van der Waals surface area contributed by atoms with Gasteiger partial charge in [0.25, 0.3) is 5.91 Å². The van der Waals surface area contributed by atoms with Crippen LogP contribution in [0.15, 0.2) is 10.6 Å². The summed E-state index contributed by atoms with van der Waals surface area (Å²) in [5.41, 5.74) is 0.211. The molecule has 0 bridgehead atoms. The molecule has 0 unspecified atom stereocenters. The number of alkyl halides is 4. The van der Waals surface area contributed by atoms with E-state index >= 15 is 0 Å². The number of aryl methyl sites for hydroxylation is 1. The standard InChI is InChI=1S/C9H10F4N2O2/c1-5-3-6(14-17-5)4-15(2)8(16)9(12,13)7(10)11/h3,7H,4H2,1-2H3. The van der Waals surface area contributed by atoms with Gasteiger partial charge in [-0.25, -0.2) is 8.78 Å². The maximum Gasteiger partial charge on any atom is 0.383 e. The van der Waals surface area contributed by atoms with Crippen molar-refractivity contribution in [2.75, 3.05) is 7.05 Å². The average molecular weight is 254 g/mol. The molecule has 1 aromatic rings. The lowest BCUT2D eigenvalue weighted by atomic mass is 10.3. The van der Waals surface area contributed by atoms with E-state index in [0.717, 1.165) is 7.05 Å². The zero-order chi connectivity index (χ0) is 13.2. The molecular formula is C9H10F4N2O2. The molecule has 0 aliphatic heterocycles. The molecule has 0 atom stereocenters. The number of halogens is 4. The van der Waals surface area contributed by atoms with Gasteiger partial charge in [0.15, 0.2) is 0 Å². The normalized spacial score (nSPS) is 11.9. The first kappa shape index (κ1) is 13.5. The van der Waals surface area contributed by atoms with Crippen molar-refractivity contribution in [2.24, 2.45) is 0 Å². The number of carbonyl (C=O) groups excluding carboxylic acids is 1. The van der Waals surface area contributed by atoms with Crippen LogP contribution >= 0.6 is 0 Å². The van der Waals surface area contributed by atoms with Gasteiger partial charge in [-0.05, 0) is 6.92 Å². The Bertz CT molecular complexity index is 405. The molecule has 0 N–H and O–H groups in total. The highest BCUT2D eigenvalue weighted by atomic mass is 19.3. The van der Waals surface area contributed by atoms with E-state index in [1.165, 1.54) is 6.07 Å². The van der Waals surface area contributed by atoms with Crippen LogP contribution in [0.5, 0.6) is 0 Å². The first-order valence-corrected chi connectivity index (χ1v) is 4.59. The molecule has 4 nitrogen and oxygen atoms in total. The molecule has 0 aromatic carbocycles. The van der Waals surface area contributed by atoms with Crippen molar-refractivity contribution in [3.8, 4) is 0 Å². The summed E-state index contributed by atoms with van der Waals surface area (Å²) in [6.07, 6.45) is -4.03. The summed E-state index contributed by atoms with van der Waals surface area (Å²) in [4.78, 5) is 11.5. The lowest BCUT2D eigenvalue weighted by Crippen LogP contribution is -2.45. The number of carbonyl (C=O) groups is 1. The topological polar surface area (TPSA) is 46.3 Å². The van der Waals surface area contributed by atoms with Gasteiger partial charge >= 0.3 is 12.3 Å². The Morgan fingerprint density at radius 1 is 1.59 bits per heavy atom. The minimum Gasteiger partial charge on any atom is -0.361 e. The van der Waals surface area contributed by atoms with Crippen LogP contribution in [-0.2, 0) is 11.3 Å². The Labute approximate surface area is 94.2 Å². The smallest absolute Gasteiger partial charge is 0.361 e. The maximum absolute atomic E-state index is 12.7. The number of rotatable bonds is 4. The molecule has 0 aliphatic carbocycles. The van der Waals surface area contributed by atoms with Gasteiger partial charge in [-0.2, -0.15) is 8.78 Å². The summed E-state index contributed by atoms with van der Waals surface area (Å²) in [5, 5.41) is 3.46. The van der Waals surface area contributed by atoms with Gasteiger partial charge in [0.05, 0.1) is 6.54 Å². The third-order valence-electron chi connectivity index (χ3n) is 1.98. The van der Waals surface area contributed by atoms with Gasteiger partial charge in [0.2, 0.25) is 0 Å². The average Bonchev–Trinajstić information content (AvgIpc) is 2.62. The van der Waals surface area contributed by atoms with Crippen molar-refractivity contribution in [3.05, 3.63) is 17.5 Å². The summed E-state index contributed by atoms with van der Waals surface area (Å²) in [5.74, 6) is -6.21.